The van der Waals surface area contributed by atoms with E-state index in [9.17, 15) is 14.9 Å². The molecule has 0 bridgehead atoms. The quantitative estimate of drug-likeness (QED) is 0.283. The van der Waals surface area contributed by atoms with E-state index in [0.29, 0.717) is 27.8 Å². The summed E-state index contributed by atoms with van der Waals surface area (Å²) in [5.74, 6) is -0.0999. The van der Waals surface area contributed by atoms with Crippen molar-refractivity contribution in [1.82, 2.24) is 0 Å². The molecule has 0 fully saturated rings. The van der Waals surface area contributed by atoms with Gasteiger partial charge in [-0.2, -0.15) is 5.26 Å². The van der Waals surface area contributed by atoms with Gasteiger partial charge in [0.2, 0.25) is 0 Å². The lowest BCUT2D eigenvalue weighted by Crippen LogP contribution is -2.09. The maximum Gasteiger partial charge on any atom is 0.349 e. The van der Waals surface area contributed by atoms with Gasteiger partial charge in [0.25, 0.3) is 0 Å². The highest BCUT2D eigenvalue weighted by molar-refractivity contribution is 5.98. The Morgan fingerprint density at radius 1 is 1.17 bits per heavy atom. The molecule has 0 spiro atoms. The molecular formula is C23H19NO5. The number of aryl methyl sites for hydroxylation is 2. The van der Waals surface area contributed by atoms with E-state index in [-0.39, 0.29) is 12.2 Å². The second kappa shape index (κ2) is 8.44. The SMILES string of the molecule is COc1ccc(/C=C(\C#N)C(=O)OCc2cc(=O)oc3c(C)c(C)ccc23)cc1. The van der Waals surface area contributed by atoms with E-state index in [0.717, 1.165) is 11.1 Å². The first kappa shape index (κ1) is 19.9. The second-order valence-corrected chi connectivity index (χ2v) is 6.49. The molecule has 0 saturated carbocycles. The Hall–Kier alpha value is -3.85. The molecule has 0 N–H and O–H groups in total. The standard InChI is InChI=1S/C23H19NO5/c1-14-4-9-20-18(11-21(25)29-22(20)15(14)2)13-28-23(26)17(12-24)10-16-5-7-19(27-3)8-6-16/h4-11H,13H2,1-3H3/b17-10+. The van der Waals surface area contributed by atoms with Gasteiger partial charge in [0.1, 0.15) is 29.6 Å². The third kappa shape index (κ3) is 4.36. The molecule has 0 aliphatic heterocycles. The van der Waals surface area contributed by atoms with Crippen LogP contribution >= 0.6 is 0 Å². The van der Waals surface area contributed by atoms with Crippen LogP contribution in [0, 0.1) is 25.2 Å². The van der Waals surface area contributed by atoms with E-state index >= 15 is 0 Å². The van der Waals surface area contributed by atoms with E-state index in [2.05, 4.69) is 0 Å². The number of nitriles is 1. The highest BCUT2D eigenvalue weighted by Crippen LogP contribution is 2.24. The number of nitrogens with zero attached hydrogens (tertiary/aromatic N) is 1. The van der Waals surface area contributed by atoms with E-state index in [1.807, 2.05) is 32.0 Å². The van der Waals surface area contributed by atoms with Gasteiger partial charge in [-0.05, 0) is 48.7 Å². The predicted octanol–water partition coefficient (Wildman–Crippen LogP) is 4.07. The lowest BCUT2D eigenvalue weighted by molar-refractivity contribution is -0.139. The van der Waals surface area contributed by atoms with Crippen molar-refractivity contribution in [3.05, 3.63) is 80.7 Å². The Balaban J connectivity index is 1.84. The number of fused-ring (bicyclic) bond motifs is 1. The Morgan fingerprint density at radius 3 is 2.55 bits per heavy atom. The molecule has 3 rings (SSSR count). The van der Waals surface area contributed by atoms with Crippen LogP contribution in [0.25, 0.3) is 17.0 Å². The first-order chi connectivity index (χ1) is 13.9. The minimum atomic E-state index is -0.770. The van der Waals surface area contributed by atoms with Gasteiger partial charge < -0.3 is 13.9 Å². The Kier molecular flexibility index (Phi) is 5.79. The summed E-state index contributed by atoms with van der Waals surface area (Å²) in [6, 6.07) is 13.8. The van der Waals surface area contributed by atoms with Crippen molar-refractivity contribution < 1.29 is 18.7 Å². The highest BCUT2D eigenvalue weighted by Gasteiger charge is 2.14. The maximum absolute atomic E-state index is 12.4. The van der Waals surface area contributed by atoms with Gasteiger partial charge in [0.05, 0.1) is 7.11 Å². The molecule has 6 heteroatoms. The topological polar surface area (TPSA) is 89.5 Å². The average molecular weight is 389 g/mol. The van der Waals surface area contributed by atoms with E-state index < -0.39 is 11.6 Å². The molecule has 0 radical (unpaired) electrons. The van der Waals surface area contributed by atoms with Gasteiger partial charge >= 0.3 is 11.6 Å². The normalized spacial score (nSPS) is 11.2. The molecule has 0 unspecified atom stereocenters. The second-order valence-electron chi connectivity index (χ2n) is 6.49. The number of hydrogen-bond acceptors (Lipinski definition) is 6. The van der Waals surface area contributed by atoms with Crippen LogP contribution in [0.2, 0.25) is 0 Å². The Morgan fingerprint density at radius 2 is 1.90 bits per heavy atom. The van der Waals surface area contributed by atoms with Crippen molar-refractivity contribution in [2.24, 2.45) is 0 Å². The zero-order valence-electron chi connectivity index (χ0n) is 16.3. The first-order valence-corrected chi connectivity index (χ1v) is 8.89. The smallest absolute Gasteiger partial charge is 0.349 e. The van der Waals surface area contributed by atoms with Crippen LogP contribution in [0.4, 0.5) is 0 Å². The van der Waals surface area contributed by atoms with Crippen LogP contribution in [0.15, 0.2) is 57.2 Å². The van der Waals surface area contributed by atoms with E-state index in [4.69, 9.17) is 13.9 Å². The van der Waals surface area contributed by atoms with Crippen LogP contribution in [-0.4, -0.2) is 13.1 Å². The first-order valence-electron chi connectivity index (χ1n) is 8.89. The number of rotatable bonds is 5. The molecule has 0 saturated heterocycles. The van der Waals surface area contributed by atoms with Gasteiger partial charge in [0.15, 0.2) is 0 Å². The molecule has 29 heavy (non-hydrogen) atoms. The van der Waals surface area contributed by atoms with Crippen molar-refractivity contribution in [1.29, 1.82) is 5.26 Å². The number of esters is 1. The molecule has 1 aromatic heterocycles. The molecule has 3 aromatic rings. The molecule has 1 heterocycles. The van der Waals surface area contributed by atoms with Gasteiger partial charge in [0, 0.05) is 17.0 Å². The maximum atomic E-state index is 12.4. The van der Waals surface area contributed by atoms with Gasteiger partial charge in [-0.25, -0.2) is 9.59 Å². The molecule has 0 aliphatic rings. The predicted molar refractivity (Wildman–Crippen MR) is 108 cm³/mol. The summed E-state index contributed by atoms with van der Waals surface area (Å²) in [5.41, 5.74) is 2.83. The molecular weight excluding hydrogens is 370 g/mol. The van der Waals surface area contributed by atoms with E-state index in [1.54, 1.807) is 31.4 Å². The molecule has 6 nitrogen and oxygen atoms in total. The highest BCUT2D eigenvalue weighted by atomic mass is 16.5. The van der Waals surface area contributed by atoms with Crippen molar-refractivity contribution in [2.75, 3.05) is 7.11 Å². The molecule has 146 valence electrons. The van der Waals surface area contributed by atoms with Crippen molar-refractivity contribution in [2.45, 2.75) is 20.5 Å². The molecule has 0 amide bonds. The average Bonchev–Trinajstić information content (AvgIpc) is 2.73. The molecule has 2 aromatic carbocycles. The number of carbonyl (C=O) groups excluding carboxylic acids is 1. The van der Waals surface area contributed by atoms with Crippen LogP contribution in [0.1, 0.15) is 22.3 Å². The summed E-state index contributed by atoms with van der Waals surface area (Å²) in [6.07, 6.45) is 1.44. The van der Waals surface area contributed by atoms with Gasteiger partial charge in [-0.1, -0.05) is 24.3 Å². The number of benzene rings is 2. The lowest BCUT2D eigenvalue weighted by Gasteiger charge is -2.09. The summed E-state index contributed by atoms with van der Waals surface area (Å²) in [5, 5.41) is 10.0. The van der Waals surface area contributed by atoms with E-state index in [1.165, 1.54) is 12.1 Å². The Labute approximate surface area is 167 Å². The van der Waals surface area contributed by atoms with Crippen molar-refractivity contribution in [3.8, 4) is 11.8 Å². The molecule has 0 atom stereocenters. The fraction of sp³-hybridized carbons (Fsp3) is 0.174. The van der Waals surface area contributed by atoms with Crippen LogP contribution in [0.5, 0.6) is 5.75 Å². The van der Waals surface area contributed by atoms with Gasteiger partial charge in [-0.15, -0.1) is 0 Å². The third-order valence-electron chi connectivity index (χ3n) is 4.64. The largest absolute Gasteiger partial charge is 0.497 e. The zero-order chi connectivity index (χ0) is 21.0. The fourth-order valence-corrected chi connectivity index (χ4v) is 2.87. The number of methoxy groups -OCH3 is 1. The van der Waals surface area contributed by atoms with Crippen LogP contribution < -0.4 is 10.4 Å². The summed E-state index contributed by atoms with van der Waals surface area (Å²) < 4.78 is 15.7. The minimum absolute atomic E-state index is 0.144. The summed E-state index contributed by atoms with van der Waals surface area (Å²) >= 11 is 0. The fourth-order valence-electron chi connectivity index (χ4n) is 2.87. The van der Waals surface area contributed by atoms with Gasteiger partial charge in [-0.3, -0.25) is 0 Å². The van der Waals surface area contributed by atoms with Crippen LogP contribution in [-0.2, 0) is 16.1 Å². The number of hydrogen-bond donors (Lipinski definition) is 0. The summed E-state index contributed by atoms with van der Waals surface area (Å²) in [6.45, 7) is 3.64. The van der Waals surface area contributed by atoms with Crippen molar-refractivity contribution in [3.63, 3.8) is 0 Å². The van der Waals surface area contributed by atoms with Crippen LogP contribution in [0.3, 0.4) is 0 Å². The Bertz CT molecular complexity index is 1200. The number of carbonyl (C=O) groups is 1. The lowest BCUT2D eigenvalue weighted by atomic mass is 10.0. The zero-order valence-corrected chi connectivity index (χ0v) is 16.3. The van der Waals surface area contributed by atoms with Crippen molar-refractivity contribution >= 4 is 23.0 Å². The minimum Gasteiger partial charge on any atom is -0.497 e. The number of ether oxygens (including phenoxy) is 2. The summed E-state index contributed by atoms with van der Waals surface area (Å²) in [4.78, 5) is 24.3. The third-order valence-corrected chi connectivity index (χ3v) is 4.64. The molecule has 0 aliphatic carbocycles. The monoisotopic (exact) mass is 389 g/mol. The summed E-state index contributed by atoms with van der Waals surface area (Å²) in [7, 11) is 1.56.